The van der Waals surface area contributed by atoms with Crippen LogP contribution in [0.2, 0.25) is 0 Å². The quantitative estimate of drug-likeness (QED) is 0.573. The van der Waals surface area contributed by atoms with E-state index in [0.717, 1.165) is 18.9 Å². The van der Waals surface area contributed by atoms with Crippen molar-refractivity contribution in [2.45, 2.75) is 45.1 Å². The molecule has 20 heavy (non-hydrogen) atoms. The van der Waals surface area contributed by atoms with Crippen molar-refractivity contribution >= 4 is 16.0 Å². The van der Waals surface area contributed by atoms with Gasteiger partial charge in [0.05, 0.1) is 12.3 Å². The molecule has 7 heteroatoms. The number of sulfonamides is 1. The number of rotatable bonds is 5. The zero-order chi connectivity index (χ0) is 14.4. The van der Waals surface area contributed by atoms with Gasteiger partial charge in [-0.05, 0) is 26.2 Å². The zero-order valence-corrected chi connectivity index (χ0v) is 13.1. The Morgan fingerprint density at radius 1 is 1.30 bits per heavy atom. The van der Waals surface area contributed by atoms with Crippen LogP contribution in [-0.2, 0) is 10.0 Å². The van der Waals surface area contributed by atoms with Crippen LogP contribution in [0.4, 0.5) is 0 Å². The molecule has 0 unspecified atom stereocenters. The first-order valence-corrected chi connectivity index (χ1v) is 9.25. The normalized spacial score (nSPS) is 24.1. The van der Waals surface area contributed by atoms with Crippen molar-refractivity contribution < 1.29 is 8.42 Å². The van der Waals surface area contributed by atoms with Gasteiger partial charge in [-0.1, -0.05) is 12.8 Å². The maximum atomic E-state index is 11.7. The molecule has 2 aliphatic rings. The molecule has 0 bridgehead atoms. The van der Waals surface area contributed by atoms with Crippen LogP contribution in [0.25, 0.3) is 0 Å². The highest BCUT2D eigenvalue weighted by Gasteiger charge is 2.27. The average Bonchev–Trinajstić information content (AvgIpc) is 3.00. The van der Waals surface area contributed by atoms with Crippen molar-refractivity contribution in [2.24, 2.45) is 4.99 Å². The van der Waals surface area contributed by atoms with Crippen LogP contribution in [0, 0.1) is 0 Å². The standard InChI is InChI=1S/C13H26N4O2S/c1-2-14-13(16-12-6-3-4-7-12)15-8-10-17-9-5-11-20(17,18)19/h12H,2-11H2,1H3,(H2,14,15,16). The number of hydrogen-bond donors (Lipinski definition) is 2. The third-order valence-corrected chi connectivity index (χ3v) is 5.82. The Morgan fingerprint density at radius 3 is 2.65 bits per heavy atom. The summed E-state index contributed by atoms with van der Waals surface area (Å²) in [5.41, 5.74) is 0. The van der Waals surface area contributed by atoms with Gasteiger partial charge in [0.2, 0.25) is 10.0 Å². The number of nitrogens with zero attached hydrogens (tertiary/aromatic N) is 2. The van der Waals surface area contributed by atoms with Gasteiger partial charge in [-0.3, -0.25) is 4.99 Å². The molecule has 0 amide bonds. The predicted molar refractivity (Wildman–Crippen MR) is 81.3 cm³/mol. The second-order valence-corrected chi connectivity index (χ2v) is 7.54. The monoisotopic (exact) mass is 302 g/mol. The Balaban J connectivity index is 1.82. The van der Waals surface area contributed by atoms with Crippen LogP contribution in [0.5, 0.6) is 0 Å². The highest BCUT2D eigenvalue weighted by molar-refractivity contribution is 7.89. The van der Waals surface area contributed by atoms with E-state index in [0.29, 0.717) is 25.7 Å². The molecule has 1 heterocycles. The molecule has 0 aromatic rings. The van der Waals surface area contributed by atoms with Gasteiger partial charge in [0.15, 0.2) is 5.96 Å². The molecule has 2 fully saturated rings. The van der Waals surface area contributed by atoms with Crippen LogP contribution >= 0.6 is 0 Å². The molecular weight excluding hydrogens is 276 g/mol. The van der Waals surface area contributed by atoms with E-state index in [9.17, 15) is 8.42 Å². The number of hydrogen-bond acceptors (Lipinski definition) is 3. The molecule has 1 aliphatic carbocycles. The van der Waals surface area contributed by atoms with Gasteiger partial charge in [-0.2, -0.15) is 0 Å². The highest BCUT2D eigenvalue weighted by Crippen LogP contribution is 2.17. The number of aliphatic imine (C=N–C) groups is 1. The molecule has 0 aromatic heterocycles. The number of guanidine groups is 1. The summed E-state index contributed by atoms with van der Waals surface area (Å²) in [6.07, 6.45) is 5.70. The molecule has 0 aromatic carbocycles. The van der Waals surface area contributed by atoms with Crippen molar-refractivity contribution in [1.29, 1.82) is 0 Å². The summed E-state index contributed by atoms with van der Waals surface area (Å²) >= 11 is 0. The lowest BCUT2D eigenvalue weighted by atomic mass is 10.2. The van der Waals surface area contributed by atoms with Crippen LogP contribution in [0.1, 0.15) is 39.0 Å². The maximum Gasteiger partial charge on any atom is 0.214 e. The minimum atomic E-state index is -3.00. The first kappa shape index (κ1) is 15.6. The molecule has 116 valence electrons. The first-order chi connectivity index (χ1) is 9.62. The van der Waals surface area contributed by atoms with E-state index >= 15 is 0 Å². The predicted octanol–water partition coefficient (Wildman–Crippen LogP) is 0.520. The van der Waals surface area contributed by atoms with Gasteiger partial charge < -0.3 is 10.6 Å². The lowest BCUT2D eigenvalue weighted by Gasteiger charge is -2.17. The lowest BCUT2D eigenvalue weighted by molar-refractivity contribution is 0.451. The van der Waals surface area contributed by atoms with E-state index in [4.69, 9.17) is 0 Å². The third kappa shape index (κ3) is 4.34. The van der Waals surface area contributed by atoms with Gasteiger partial charge in [0, 0.05) is 25.7 Å². The SMILES string of the molecule is CCNC(=NCCN1CCCS1(=O)=O)NC1CCCC1. The molecule has 1 saturated carbocycles. The smallest absolute Gasteiger partial charge is 0.214 e. The van der Waals surface area contributed by atoms with Gasteiger partial charge in [-0.25, -0.2) is 12.7 Å². The fourth-order valence-electron chi connectivity index (χ4n) is 2.80. The fraction of sp³-hybridized carbons (Fsp3) is 0.923. The molecular formula is C13H26N4O2S. The van der Waals surface area contributed by atoms with Crippen molar-refractivity contribution in [3.05, 3.63) is 0 Å². The lowest BCUT2D eigenvalue weighted by Crippen LogP contribution is -2.42. The Morgan fingerprint density at radius 2 is 2.05 bits per heavy atom. The second-order valence-electron chi connectivity index (χ2n) is 5.45. The highest BCUT2D eigenvalue weighted by atomic mass is 32.2. The summed E-state index contributed by atoms with van der Waals surface area (Å²) < 4.78 is 24.9. The van der Waals surface area contributed by atoms with E-state index in [2.05, 4.69) is 15.6 Å². The third-order valence-electron chi connectivity index (χ3n) is 3.86. The van der Waals surface area contributed by atoms with Crippen LogP contribution < -0.4 is 10.6 Å². The Hall–Kier alpha value is -0.820. The molecule has 0 spiro atoms. The van der Waals surface area contributed by atoms with Gasteiger partial charge in [0.25, 0.3) is 0 Å². The average molecular weight is 302 g/mol. The van der Waals surface area contributed by atoms with Crippen LogP contribution in [0.15, 0.2) is 4.99 Å². The van der Waals surface area contributed by atoms with E-state index in [-0.39, 0.29) is 5.75 Å². The minimum absolute atomic E-state index is 0.289. The number of nitrogens with one attached hydrogen (secondary N) is 2. The maximum absolute atomic E-state index is 11.7. The Bertz CT molecular complexity index is 430. The fourth-order valence-corrected chi connectivity index (χ4v) is 4.32. The second kappa shape index (κ2) is 7.26. The molecule has 2 rings (SSSR count). The topological polar surface area (TPSA) is 73.8 Å². The van der Waals surface area contributed by atoms with E-state index in [1.54, 1.807) is 4.31 Å². The summed E-state index contributed by atoms with van der Waals surface area (Å²) in [6.45, 7) is 4.51. The molecule has 1 aliphatic heterocycles. The zero-order valence-electron chi connectivity index (χ0n) is 12.3. The summed E-state index contributed by atoms with van der Waals surface area (Å²) in [6, 6.07) is 0.517. The summed E-state index contributed by atoms with van der Waals surface area (Å²) in [5.74, 6) is 1.10. The van der Waals surface area contributed by atoms with Crippen LogP contribution in [-0.4, -0.2) is 56.7 Å². The van der Waals surface area contributed by atoms with E-state index in [1.165, 1.54) is 25.7 Å². The molecule has 2 N–H and O–H groups in total. The van der Waals surface area contributed by atoms with Gasteiger partial charge in [0.1, 0.15) is 0 Å². The first-order valence-electron chi connectivity index (χ1n) is 7.64. The molecule has 0 radical (unpaired) electrons. The van der Waals surface area contributed by atoms with Crippen molar-refractivity contribution in [3.63, 3.8) is 0 Å². The summed E-state index contributed by atoms with van der Waals surface area (Å²) in [4.78, 5) is 4.49. The van der Waals surface area contributed by atoms with Crippen molar-refractivity contribution in [3.8, 4) is 0 Å². The molecule has 1 saturated heterocycles. The van der Waals surface area contributed by atoms with Gasteiger partial charge in [-0.15, -0.1) is 0 Å². The van der Waals surface area contributed by atoms with E-state index < -0.39 is 10.0 Å². The van der Waals surface area contributed by atoms with Crippen LogP contribution in [0.3, 0.4) is 0 Å². The van der Waals surface area contributed by atoms with Gasteiger partial charge >= 0.3 is 0 Å². The van der Waals surface area contributed by atoms with Crippen molar-refractivity contribution in [2.75, 3.05) is 31.9 Å². The molecule has 0 atom stereocenters. The largest absolute Gasteiger partial charge is 0.357 e. The summed E-state index contributed by atoms with van der Waals surface area (Å²) in [5, 5.41) is 6.66. The van der Waals surface area contributed by atoms with Crippen molar-refractivity contribution in [1.82, 2.24) is 14.9 Å². The van der Waals surface area contributed by atoms with E-state index in [1.807, 2.05) is 6.92 Å². The minimum Gasteiger partial charge on any atom is -0.357 e. The Kier molecular flexibility index (Phi) is 5.65. The summed E-state index contributed by atoms with van der Waals surface area (Å²) in [7, 11) is -3.00. The molecule has 6 nitrogen and oxygen atoms in total. The Labute approximate surface area is 122 Å².